The Morgan fingerprint density at radius 1 is 0.963 bits per heavy atom. The van der Waals surface area contributed by atoms with Gasteiger partial charge in [0.15, 0.2) is 5.16 Å². The number of ether oxygens (including phenoxy) is 1. The minimum absolute atomic E-state index is 0.729. The summed E-state index contributed by atoms with van der Waals surface area (Å²) in [5, 5.41) is 9.98. The van der Waals surface area contributed by atoms with Crippen molar-refractivity contribution in [1.82, 2.24) is 14.8 Å². The molecule has 0 N–H and O–H groups in total. The number of aryl methyl sites for hydroxylation is 2. The maximum Gasteiger partial charge on any atom is 0.232 e. The van der Waals surface area contributed by atoms with E-state index in [1.54, 1.807) is 11.8 Å². The average molecular weight is 381 g/mol. The van der Waals surface area contributed by atoms with E-state index in [-0.39, 0.29) is 0 Å². The fourth-order valence-corrected chi connectivity index (χ4v) is 4.05. The van der Waals surface area contributed by atoms with Gasteiger partial charge in [0.1, 0.15) is 0 Å². The fraction of sp³-hybridized carbons (Fsp3) is 0.333. The zero-order valence-corrected chi connectivity index (χ0v) is 16.6. The van der Waals surface area contributed by atoms with E-state index in [1.165, 1.54) is 16.7 Å². The molecule has 1 aromatic heterocycles. The highest BCUT2D eigenvalue weighted by molar-refractivity contribution is 7.98. The summed E-state index contributed by atoms with van der Waals surface area (Å²) < 4.78 is 7.68. The summed E-state index contributed by atoms with van der Waals surface area (Å²) in [6.45, 7) is 7.36. The van der Waals surface area contributed by atoms with Crippen LogP contribution < -0.4 is 4.90 Å². The smallest absolute Gasteiger partial charge is 0.232 e. The molecule has 6 heteroatoms. The zero-order chi connectivity index (χ0) is 18.6. The molecule has 2 aromatic carbocycles. The maximum atomic E-state index is 5.50. The topological polar surface area (TPSA) is 43.2 Å². The third-order valence-electron chi connectivity index (χ3n) is 4.66. The van der Waals surface area contributed by atoms with Crippen LogP contribution >= 0.6 is 11.8 Å². The molecule has 1 aliphatic heterocycles. The molecule has 0 radical (unpaired) electrons. The number of morpholine rings is 1. The lowest BCUT2D eigenvalue weighted by Crippen LogP contribution is -2.37. The van der Waals surface area contributed by atoms with Crippen molar-refractivity contribution in [1.29, 1.82) is 0 Å². The number of aromatic nitrogens is 3. The number of rotatable bonds is 5. The molecule has 1 fully saturated rings. The van der Waals surface area contributed by atoms with Gasteiger partial charge in [-0.05, 0) is 37.1 Å². The summed E-state index contributed by atoms with van der Waals surface area (Å²) in [6, 6.07) is 17.2. The molecule has 0 amide bonds. The van der Waals surface area contributed by atoms with E-state index in [4.69, 9.17) is 4.74 Å². The molecule has 2 heterocycles. The van der Waals surface area contributed by atoms with Crippen LogP contribution in [0.5, 0.6) is 0 Å². The first-order valence-electron chi connectivity index (χ1n) is 9.24. The second-order valence-corrected chi connectivity index (χ2v) is 7.77. The predicted molar refractivity (Wildman–Crippen MR) is 110 cm³/mol. The maximum absolute atomic E-state index is 5.50. The van der Waals surface area contributed by atoms with Crippen LogP contribution in [0.4, 0.5) is 5.95 Å². The Labute approximate surface area is 164 Å². The lowest BCUT2D eigenvalue weighted by atomic mass is 10.2. The van der Waals surface area contributed by atoms with E-state index in [0.29, 0.717) is 0 Å². The van der Waals surface area contributed by atoms with Gasteiger partial charge < -0.3 is 9.64 Å². The van der Waals surface area contributed by atoms with Crippen LogP contribution in [0.2, 0.25) is 0 Å². The van der Waals surface area contributed by atoms with Gasteiger partial charge in [0.2, 0.25) is 5.95 Å². The summed E-state index contributed by atoms with van der Waals surface area (Å²) in [6.07, 6.45) is 0. The molecule has 27 heavy (non-hydrogen) atoms. The molecular formula is C21H24N4OS. The monoisotopic (exact) mass is 380 g/mol. The largest absolute Gasteiger partial charge is 0.378 e. The Morgan fingerprint density at radius 3 is 2.48 bits per heavy atom. The van der Waals surface area contributed by atoms with Crippen LogP contribution in [0.3, 0.4) is 0 Å². The molecule has 3 aromatic rings. The number of benzene rings is 2. The fourth-order valence-electron chi connectivity index (χ4n) is 3.15. The molecular weight excluding hydrogens is 356 g/mol. The Hall–Kier alpha value is -2.31. The van der Waals surface area contributed by atoms with Crippen molar-refractivity contribution in [3.63, 3.8) is 0 Å². The van der Waals surface area contributed by atoms with Crippen LogP contribution in [0, 0.1) is 13.8 Å². The quantitative estimate of drug-likeness (QED) is 0.626. The average Bonchev–Trinajstić information content (AvgIpc) is 3.12. The van der Waals surface area contributed by atoms with Crippen molar-refractivity contribution in [3.8, 4) is 5.69 Å². The summed E-state index contributed by atoms with van der Waals surface area (Å²) in [5.74, 6) is 1.77. The number of nitrogens with zero attached hydrogens (tertiary/aromatic N) is 4. The Kier molecular flexibility index (Phi) is 5.45. The van der Waals surface area contributed by atoms with Crippen molar-refractivity contribution < 1.29 is 4.74 Å². The van der Waals surface area contributed by atoms with Gasteiger partial charge in [-0.1, -0.05) is 53.7 Å². The molecule has 0 atom stereocenters. The van der Waals surface area contributed by atoms with Crippen molar-refractivity contribution in [2.75, 3.05) is 31.2 Å². The highest BCUT2D eigenvalue weighted by Gasteiger charge is 2.21. The van der Waals surface area contributed by atoms with Gasteiger partial charge in [-0.25, -0.2) is 0 Å². The molecule has 1 saturated heterocycles. The highest BCUT2D eigenvalue weighted by atomic mass is 32.2. The lowest BCUT2D eigenvalue weighted by Gasteiger charge is -2.28. The minimum Gasteiger partial charge on any atom is -0.378 e. The summed E-state index contributed by atoms with van der Waals surface area (Å²) in [5.41, 5.74) is 4.90. The normalized spacial score (nSPS) is 14.5. The van der Waals surface area contributed by atoms with Crippen molar-refractivity contribution in [3.05, 3.63) is 65.2 Å². The number of hydrogen-bond donors (Lipinski definition) is 0. The Morgan fingerprint density at radius 2 is 1.74 bits per heavy atom. The first-order chi connectivity index (χ1) is 13.2. The number of hydrogen-bond acceptors (Lipinski definition) is 5. The van der Waals surface area contributed by atoms with E-state index in [9.17, 15) is 0 Å². The molecule has 4 rings (SSSR count). The Bertz CT molecular complexity index is 901. The van der Waals surface area contributed by atoms with Gasteiger partial charge in [-0.15, -0.1) is 10.2 Å². The standard InChI is InChI=1S/C21H24N4OS/c1-16-6-8-18(9-7-16)15-27-21-23-22-20(24-10-12-26-13-11-24)25(21)19-5-3-4-17(2)14-19/h3-9,14H,10-13,15H2,1-2H3. The molecule has 0 saturated carbocycles. The molecule has 0 spiro atoms. The van der Waals surface area contributed by atoms with Gasteiger partial charge >= 0.3 is 0 Å². The highest BCUT2D eigenvalue weighted by Crippen LogP contribution is 2.29. The van der Waals surface area contributed by atoms with Gasteiger partial charge in [0.05, 0.1) is 18.9 Å². The zero-order valence-electron chi connectivity index (χ0n) is 15.8. The molecule has 140 valence electrons. The van der Waals surface area contributed by atoms with Crippen LogP contribution in [-0.4, -0.2) is 41.1 Å². The van der Waals surface area contributed by atoms with E-state index in [1.807, 2.05) is 0 Å². The summed E-state index contributed by atoms with van der Waals surface area (Å²) >= 11 is 1.72. The van der Waals surface area contributed by atoms with Gasteiger partial charge in [-0.2, -0.15) is 0 Å². The van der Waals surface area contributed by atoms with E-state index >= 15 is 0 Å². The van der Waals surface area contributed by atoms with E-state index in [2.05, 4.69) is 82.0 Å². The third kappa shape index (κ3) is 4.17. The summed E-state index contributed by atoms with van der Waals surface area (Å²) in [4.78, 5) is 2.26. The predicted octanol–water partition coefficient (Wildman–Crippen LogP) is 4.01. The second-order valence-electron chi connectivity index (χ2n) is 6.83. The molecule has 0 unspecified atom stereocenters. The van der Waals surface area contributed by atoms with Crippen LogP contribution in [-0.2, 0) is 10.5 Å². The first-order valence-corrected chi connectivity index (χ1v) is 10.2. The van der Waals surface area contributed by atoms with Crippen molar-refractivity contribution >= 4 is 17.7 Å². The van der Waals surface area contributed by atoms with Crippen LogP contribution in [0.15, 0.2) is 53.7 Å². The van der Waals surface area contributed by atoms with Gasteiger partial charge in [-0.3, -0.25) is 4.57 Å². The number of thioether (sulfide) groups is 1. The molecule has 5 nitrogen and oxygen atoms in total. The third-order valence-corrected chi connectivity index (χ3v) is 5.66. The molecule has 0 aliphatic carbocycles. The molecule has 1 aliphatic rings. The van der Waals surface area contributed by atoms with Gasteiger partial charge in [0.25, 0.3) is 0 Å². The van der Waals surface area contributed by atoms with E-state index in [0.717, 1.165) is 48.8 Å². The lowest BCUT2D eigenvalue weighted by molar-refractivity contribution is 0.122. The van der Waals surface area contributed by atoms with E-state index < -0.39 is 0 Å². The van der Waals surface area contributed by atoms with Gasteiger partial charge in [0, 0.05) is 18.8 Å². The van der Waals surface area contributed by atoms with Crippen molar-refractivity contribution in [2.45, 2.75) is 24.8 Å². The van der Waals surface area contributed by atoms with Crippen molar-refractivity contribution in [2.24, 2.45) is 0 Å². The number of anilines is 1. The second kappa shape index (κ2) is 8.15. The van der Waals surface area contributed by atoms with Crippen LogP contribution in [0.25, 0.3) is 5.69 Å². The first kappa shape index (κ1) is 18.1. The SMILES string of the molecule is Cc1ccc(CSc2nnc(N3CCOCC3)n2-c2cccc(C)c2)cc1. The molecule has 0 bridgehead atoms. The summed E-state index contributed by atoms with van der Waals surface area (Å²) in [7, 11) is 0. The van der Waals surface area contributed by atoms with Crippen LogP contribution in [0.1, 0.15) is 16.7 Å². The Balaban J connectivity index is 1.65. The minimum atomic E-state index is 0.729.